The van der Waals surface area contributed by atoms with E-state index in [0.717, 1.165) is 0 Å². The van der Waals surface area contributed by atoms with Crippen LogP contribution in [0.1, 0.15) is 15.9 Å². The van der Waals surface area contributed by atoms with Crippen LogP contribution in [0, 0.1) is 20.2 Å². The number of rotatable bonds is 4. The molecule has 0 aliphatic heterocycles. The van der Waals surface area contributed by atoms with Crippen LogP contribution in [-0.2, 0) is 0 Å². The highest BCUT2D eigenvalue weighted by Crippen LogP contribution is 2.17. The zero-order valence-corrected chi connectivity index (χ0v) is 11.3. The summed E-state index contributed by atoms with van der Waals surface area (Å²) in [5, 5.41) is 21.0. The Bertz CT molecular complexity index is 623. The molecule has 2 rings (SSSR count). The van der Waals surface area contributed by atoms with Gasteiger partial charge >= 0.3 is 0 Å². The van der Waals surface area contributed by atoms with Crippen LogP contribution in [0.25, 0.3) is 0 Å². The normalized spacial score (nSPS) is 9.52. The zero-order valence-electron chi connectivity index (χ0n) is 10.5. The van der Waals surface area contributed by atoms with Crippen molar-refractivity contribution in [3.05, 3.63) is 79.9 Å². The molecular formula is C13H9ClN2O5. The molecule has 0 saturated heterocycles. The van der Waals surface area contributed by atoms with Gasteiger partial charge < -0.3 is 0 Å². The molecule has 2 aromatic rings. The summed E-state index contributed by atoms with van der Waals surface area (Å²) in [6, 6.07) is 10.3. The van der Waals surface area contributed by atoms with Crippen molar-refractivity contribution >= 4 is 29.6 Å². The SMILES string of the molecule is Cl.O=C(c1ccc([N+](=O)[O-])cc1)c1ccc([N+](=O)[O-])cc1. The molecule has 0 heterocycles. The minimum Gasteiger partial charge on any atom is -0.289 e. The fraction of sp³-hybridized carbons (Fsp3) is 0. The van der Waals surface area contributed by atoms with Crippen LogP contribution >= 0.6 is 12.4 Å². The molecule has 0 aliphatic rings. The molecule has 21 heavy (non-hydrogen) atoms. The minimum absolute atomic E-state index is 0. The van der Waals surface area contributed by atoms with E-state index in [4.69, 9.17) is 0 Å². The topological polar surface area (TPSA) is 103 Å². The van der Waals surface area contributed by atoms with Gasteiger partial charge in [0.1, 0.15) is 0 Å². The lowest BCUT2D eigenvalue weighted by Gasteiger charge is -2.01. The molecule has 0 amide bonds. The van der Waals surface area contributed by atoms with Gasteiger partial charge in [0, 0.05) is 35.4 Å². The Morgan fingerprint density at radius 1 is 0.714 bits per heavy atom. The number of hydrogen-bond acceptors (Lipinski definition) is 5. The van der Waals surface area contributed by atoms with E-state index in [1.807, 2.05) is 0 Å². The molecule has 0 N–H and O–H groups in total. The minimum atomic E-state index is -0.555. The highest BCUT2D eigenvalue weighted by atomic mass is 35.5. The number of benzene rings is 2. The Balaban J connectivity index is 0.00000220. The van der Waals surface area contributed by atoms with Crippen LogP contribution in [0.15, 0.2) is 48.5 Å². The van der Waals surface area contributed by atoms with Gasteiger partial charge in [-0.25, -0.2) is 0 Å². The number of nitro benzene ring substituents is 2. The summed E-state index contributed by atoms with van der Waals surface area (Å²) < 4.78 is 0. The van der Waals surface area contributed by atoms with Gasteiger partial charge in [-0.1, -0.05) is 0 Å². The van der Waals surface area contributed by atoms with Crippen LogP contribution in [-0.4, -0.2) is 15.6 Å². The van der Waals surface area contributed by atoms with Crippen molar-refractivity contribution in [1.82, 2.24) is 0 Å². The Hall–Kier alpha value is -2.80. The molecule has 0 saturated carbocycles. The van der Waals surface area contributed by atoms with Crippen LogP contribution < -0.4 is 0 Å². The number of halogens is 1. The molecule has 8 heteroatoms. The molecule has 0 aromatic heterocycles. The predicted octanol–water partition coefficient (Wildman–Crippen LogP) is 3.16. The van der Waals surface area contributed by atoms with Crippen molar-refractivity contribution < 1.29 is 14.6 Å². The number of hydrogen-bond donors (Lipinski definition) is 0. The fourth-order valence-corrected chi connectivity index (χ4v) is 1.64. The first-order chi connectivity index (χ1) is 9.49. The van der Waals surface area contributed by atoms with Gasteiger partial charge in [0.15, 0.2) is 5.78 Å². The Labute approximate surface area is 124 Å². The Kier molecular flexibility index (Phi) is 5.09. The second kappa shape index (κ2) is 6.58. The quantitative estimate of drug-likeness (QED) is 0.490. The molecule has 2 aromatic carbocycles. The van der Waals surface area contributed by atoms with Gasteiger partial charge in [-0.3, -0.25) is 25.0 Å². The fourth-order valence-electron chi connectivity index (χ4n) is 1.64. The van der Waals surface area contributed by atoms with Crippen LogP contribution in [0.4, 0.5) is 11.4 Å². The van der Waals surface area contributed by atoms with Crippen molar-refractivity contribution in [1.29, 1.82) is 0 Å². The van der Waals surface area contributed by atoms with Crippen LogP contribution in [0.2, 0.25) is 0 Å². The number of nitro groups is 2. The van der Waals surface area contributed by atoms with Gasteiger partial charge in [0.25, 0.3) is 11.4 Å². The molecule has 108 valence electrons. The van der Waals surface area contributed by atoms with Crippen molar-refractivity contribution in [2.75, 3.05) is 0 Å². The largest absolute Gasteiger partial charge is 0.289 e. The summed E-state index contributed by atoms with van der Waals surface area (Å²) >= 11 is 0. The molecule has 0 unspecified atom stereocenters. The van der Waals surface area contributed by atoms with Crippen LogP contribution in [0.5, 0.6) is 0 Å². The molecular weight excluding hydrogens is 300 g/mol. The number of carbonyl (C=O) groups is 1. The van der Waals surface area contributed by atoms with E-state index in [0.29, 0.717) is 0 Å². The summed E-state index contributed by atoms with van der Waals surface area (Å²) in [6.07, 6.45) is 0. The second-order valence-electron chi connectivity index (χ2n) is 3.94. The van der Waals surface area contributed by atoms with E-state index in [1.54, 1.807) is 0 Å². The molecule has 0 spiro atoms. The Morgan fingerprint density at radius 3 is 1.24 bits per heavy atom. The molecule has 0 aliphatic carbocycles. The van der Waals surface area contributed by atoms with Gasteiger partial charge in [-0.15, -0.1) is 12.4 Å². The average Bonchev–Trinajstić information content (AvgIpc) is 2.46. The van der Waals surface area contributed by atoms with E-state index in [9.17, 15) is 25.0 Å². The van der Waals surface area contributed by atoms with E-state index >= 15 is 0 Å². The standard InChI is InChI=1S/C13H8N2O5.ClH/c16-13(9-1-5-11(6-2-9)14(17)18)10-3-7-12(8-4-10)15(19)20;/h1-8H;1H. The molecule has 7 nitrogen and oxygen atoms in total. The highest BCUT2D eigenvalue weighted by Gasteiger charge is 2.13. The lowest BCUT2D eigenvalue weighted by atomic mass is 10.0. The first kappa shape index (κ1) is 16.3. The second-order valence-corrected chi connectivity index (χ2v) is 3.94. The maximum atomic E-state index is 12.1. The summed E-state index contributed by atoms with van der Waals surface area (Å²) in [6.45, 7) is 0. The third-order valence-electron chi connectivity index (χ3n) is 2.68. The van der Waals surface area contributed by atoms with Crippen molar-refractivity contribution in [2.45, 2.75) is 0 Å². The number of ketones is 1. The lowest BCUT2D eigenvalue weighted by molar-refractivity contribution is -0.385. The predicted molar refractivity (Wildman–Crippen MR) is 76.9 cm³/mol. The van der Waals surface area contributed by atoms with Gasteiger partial charge in [-0.05, 0) is 24.3 Å². The van der Waals surface area contributed by atoms with Crippen LogP contribution in [0.3, 0.4) is 0 Å². The van der Waals surface area contributed by atoms with Gasteiger partial charge in [0.05, 0.1) is 9.85 Å². The third-order valence-corrected chi connectivity index (χ3v) is 2.68. The summed E-state index contributed by atoms with van der Waals surface area (Å²) in [7, 11) is 0. The molecule has 0 fully saturated rings. The van der Waals surface area contributed by atoms with Gasteiger partial charge in [0.2, 0.25) is 0 Å². The first-order valence-corrected chi connectivity index (χ1v) is 5.52. The summed E-state index contributed by atoms with van der Waals surface area (Å²) in [4.78, 5) is 32.0. The summed E-state index contributed by atoms with van der Waals surface area (Å²) in [5.74, 6) is -0.352. The lowest BCUT2D eigenvalue weighted by Crippen LogP contribution is -2.01. The number of nitrogens with zero attached hydrogens (tertiary/aromatic N) is 2. The van der Waals surface area contributed by atoms with E-state index in [-0.39, 0.29) is 40.7 Å². The smallest absolute Gasteiger partial charge is 0.269 e. The molecule has 0 radical (unpaired) electrons. The zero-order chi connectivity index (χ0) is 14.7. The Morgan fingerprint density at radius 2 is 1.00 bits per heavy atom. The third kappa shape index (κ3) is 3.61. The van der Waals surface area contributed by atoms with E-state index in [2.05, 4.69) is 0 Å². The monoisotopic (exact) mass is 308 g/mol. The maximum Gasteiger partial charge on any atom is 0.269 e. The highest BCUT2D eigenvalue weighted by molar-refractivity contribution is 6.09. The van der Waals surface area contributed by atoms with Crippen molar-refractivity contribution in [3.8, 4) is 0 Å². The number of carbonyl (C=O) groups excluding carboxylic acids is 1. The van der Waals surface area contributed by atoms with Crippen molar-refractivity contribution in [3.63, 3.8) is 0 Å². The van der Waals surface area contributed by atoms with E-state index < -0.39 is 9.85 Å². The van der Waals surface area contributed by atoms with E-state index in [1.165, 1.54) is 48.5 Å². The summed E-state index contributed by atoms with van der Waals surface area (Å²) in [5.41, 5.74) is 0.351. The maximum absolute atomic E-state index is 12.1. The van der Waals surface area contributed by atoms with Gasteiger partial charge in [-0.2, -0.15) is 0 Å². The first-order valence-electron chi connectivity index (χ1n) is 5.52. The molecule has 0 atom stereocenters. The average molecular weight is 309 g/mol. The number of non-ortho nitro benzene ring substituents is 2. The van der Waals surface area contributed by atoms with Crippen molar-refractivity contribution in [2.24, 2.45) is 0 Å². The molecule has 0 bridgehead atoms.